The van der Waals surface area contributed by atoms with Gasteiger partial charge >= 0.3 is 0 Å². The summed E-state index contributed by atoms with van der Waals surface area (Å²) in [6, 6.07) is 8.62. The number of rotatable bonds is 3. The predicted octanol–water partition coefficient (Wildman–Crippen LogP) is 4.82. The first-order chi connectivity index (χ1) is 9.92. The van der Waals surface area contributed by atoms with Crippen molar-refractivity contribution in [3.05, 3.63) is 49.3 Å². The second-order valence-electron chi connectivity index (χ2n) is 4.15. The Hall–Kier alpha value is -1.05. The van der Waals surface area contributed by atoms with E-state index >= 15 is 0 Å². The highest BCUT2D eigenvalue weighted by Crippen LogP contribution is 2.35. The molecule has 3 N–H and O–H groups in total. The van der Waals surface area contributed by atoms with Crippen LogP contribution < -0.4 is 15.8 Å². The molecule has 0 radical (unpaired) electrons. The third-order valence-electron chi connectivity index (χ3n) is 2.75. The first kappa shape index (κ1) is 16.3. The zero-order valence-corrected chi connectivity index (χ0v) is 15.7. The van der Waals surface area contributed by atoms with Gasteiger partial charge in [0.15, 0.2) is 0 Å². The summed E-state index contributed by atoms with van der Waals surface area (Å²) < 4.78 is 7.47. The number of nitrogens with one attached hydrogen (secondary N) is 1. The number of anilines is 2. The Morgan fingerprint density at radius 2 is 1.76 bits per heavy atom. The van der Waals surface area contributed by atoms with Crippen LogP contribution >= 0.6 is 47.8 Å². The SMILES string of the molecule is COc1ccc(C(=O)Nc2c(Br)cc(Br)cc2Br)c(N)c1. The highest BCUT2D eigenvalue weighted by Gasteiger charge is 2.14. The molecule has 7 heteroatoms. The van der Waals surface area contributed by atoms with E-state index in [1.807, 2.05) is 12.1 Å². The minimum atomic E-state index is -0.293. The van der Waals surface area contributed by atoms with Gasteiger partial charge in [-0.2, -0.15) is 0 Å². The highest BCUT2D eigenvalue weighted by atomic mass is 79.9. The molecule has 0 aliphatic heterocycles. The van der Waals surface area contributed by atoms with Crippen LogP contribution in [-0.4, -0.2) is 13.0 Å². The standard InChI is InChI=1S/C14H11Br3N2O2/c1-21-8-2-3-9(12(18)6-8)14(20)19-13-10(16)4-7(15)5-11(13)17/h2-6H,18H2,1H3,(H,19,20). The van der Waals surface area contributed by atoms with Gasteiger partial charge in [0.1, 0.15) is 5.75 Å². The molecule has 110 valence electrons. The predicted molar refractivity (Wildman–Crippen MR) is 94.9 cm³/mol. The summed E-state index contributed by atoms with van der Waals surface area (Å²) >= 11 is 10.2. The number of amides is 1. The van der Waals surface area contributed by atoms with Gasteiger partial charge in [-0.25, -0.2) is 0 Å². The van der Waals surface area contributed by atoms with Gasteiger partial charge in [-0.05, 0) is 56.1 Å². The molecule has 21 heavy (non-hydrogen) atoms. The van der Waals surface area contributed by atoms with E-state index in [-0.39, 0.29) is 5.91 Å². The van der Waals surface area contributed by atoms with Gasteiger partial charge in [-0.15, -0.1) is 0 Å². The first-order valence-electron chi connectivity index (χ1n) is 5.81. The normalized spacial score (nSPS) is 10.3. The lowest BCUT2D eigenvalue weighted by molar-refractivity contribution is 0.102. The molecule has 2 aromatic rings. The molecular formula is C14H11Br3N2O2. The van der Waals surface area contributed by atoms with Crippen LogP contribution in [-0.2, 0) is 0 Å². The van der Waals surface area contributed by atoms with E-state index in [0.29, 0.717) is 22.7 Å². The molecule has 2 rings (SSSR count). The summed E-state index contributed by atoms with van der Waals surface area (Å²) in [4.78, 5) is 12.3. The molecule has 0 saturated carbocycles. The number of carbonyl (C=O) groups excluding carboxylic acids is 1. The van der Waals surface area contributed by atoms with Crippen LogP contribution in [0.25, 0.3) is 0 Å². The number of methoxy groups -OCH3 is 1. The Morgan fingerprint density at radius 1 is 1.14 bits per heavy atom. The fourth-order valence-electron chi connectivity index (χ4n) is 1.72. The van der Waals surface area contributed by atoms with Gasteiger partial charge in [0.05, 0.1) is 18.4 Å². The van der Waals surface area contributed by atoms with Gasteiger partial charge in [0.25, 0.3) is 5.91 Å². The third kappa shape index (κ3) is 3.78. The number of benzene rings is 2. The van der Waals surface area contributed by atoms with Crippen LogP contribution in [0.5, 0.6) is 5.75 Å². The maximum atomic E-state index is 12.3. The number of nitrogen functional groups attached to an aromatic ring is 1. The van der Waals surface area contributed by atoms with Gasteiger partial charge in [-0.3, -0.25) is 4.79 Å². The maximum absolute atomic E-state index is 12.3. The monoisotopic (exact) mass is 476 g/mol. The number of hydrogen-bond acceptors (Lipinski definition) is 3. The van der Waals surface area contributed by atoms with Crippen molar-refractivity contribution in [2.45, 2.75) is 0 Å². The quantitative estimate of drug-likeness (QED) is 0.622. The van der Waals surface area contributed by atoms with Crippen LogP contribution in [0.2, 0.25) is 0 Å². The Bertz CT molecular complexity index is 682. The van der Waals surface area contributed by atoms with E-state index < -0.39 is 0 Å². The molecular weight excluding hydrogens is 468 g/mol. The molecule has 0 saturated heterocycles. The third-order valence-corrected chi connectivity index (χ3v) is 4.46. The van der Waals surface area contributed by atoms with Gasteiger partial charge in [0, 0.05) is 25.2 Å². The van der Waals surface area contributed by atoms with Crippen molar-refractivity contribution in [1.29, 1.82) is 0 Å². The number of nitrogens with two attached hydrogens (primary N) is 1. The van der Waals surface area contributed by atoms with E-state index in [9.17, 15) is 4.79 Å². The molecule has 0 unspecified atom stereocenters. The Balaban J connectivity index is 2.30. The topological polar surface area (TPSA) is 64.3 Å². The Kier molecular flexibility index (Phi) is 5.29. The summed E-state index contributed by atoms with van der Waals surface area (Å²) in [5.41, 5.74) is 7.26. The minimum Gasteiger partial charge on any atom is -0.497 e. The molecule has 2 aromatic carbocycles. The van der Waals surface area contributed by atoms with Crippen molar-refractivity contribution < 1.29 is 9.53 Å². The first-order valence-corrected chi connectivity index (χ1v) is 8.19. The zero-order chi connectivity index (χ0) is 15.6. The summed E-state index contributed by atoms with van der Waals surface area (Å²) in [5.74, 6) is 0.314. The molecule has 0 aliphatic carbocycles. The number of ether oxygens (including phenoxy) is 1. The lowest BCUT2D eigenvalue weighted by Gasteiger charge is -2.12. The summed E-state index contributed by atoms with van der Waals surface area (Å²) in [5, 5.41) is 2.83. The number of halogens is 3. The molecule has 0 aromatic heterocycles. The van der Waals surface area contributed by atoms with Crippen LogP contribution in [0, 0.1) is 0 Å². The summed E-state index contributed by atoms with van der Waals surface area (Å²) in [6.45, 7) is 0. The lowest BCUT2D eigenvalue weighted by atomic mass is 10.1. The van der Waals surface area contributed by atoms with Crippen molar-refractivity contribution in [3.8, 4) is 5.75 Å². The lowest BCUT2D eigenvalue weighted by Crippen LogP contribution is -2.14. The fourth-order valence-corrected chi connectivity index (χ4v) is 4.17. The average Bonchev–Trinajstić information content (AvgIpc) is 2.42. The molecule has 0 spiro atoms. The number of hydrogen-bond donors (Lipinski definition) is 2. The van der Waals surface area contributed by atoms with E-state index in [2.05, 4.69) is 53.1 Å². The molecule has 0 fully saturated rings. The smallest absolute Gasteiger partial charge is 0.257 e. The summed E-state index contributed by atoms with van der Waals surface area (Å²) in [7, 11) is 1.55. The van der Waals surface area contributed by atoms with Gasteiger partial charge in [0.2, 0.25) is 0 Å². The second-order valence-corrected chi connectivity index (χ2v) is 6.78. The van der Waals surface area contributed by atoms with E-state index in [1.165, 1.54) is 0 Å². The molecule has 1 amide bonds. The zero-order valence-electron chi connectivity index (χ0n) is 10.9. The second kappa shape index (κ2) is 6.81. The van der Waals surface area contributed by atoms with Crippen LogP contribution in [0.3, 0.4) is 0 Å². The van der Waals surface area contributed by atoms with Crippen LogP contribution in [0.15, 0.2) is 43.7 Å². The van der Waals surface area contributed by atoms with Crippen LogP contribution in [0.1, 0.15) is 10.4 Å². The van der Waals surface area contributed by atoms with Crippen molar-refractivity contribution >= 4 is 65.1 Å². The largest absolute Gasteiger partial charge is 0.497 e. The van der Waals surface area contributed by atoms with Crippen molar-refractivity contribution in [3.63, 3.8) is 0 Å². The average molecular weight is 479 g/mol. The van der Waals surface area contributed by atoms with Crippen LogP contribution in [0.4, 0.5) is 11.4 Å². The van der Waals surface area contributed by atoms with Crippen molar-refractivity contribution in [2.75, 3.05) is 18.2 Å². The minimum absolute atomic E-state index is 0.293. The van der Waals surface area contributed by atoms with E-state index in [4.69, 9.17) is 10.5 Å². The number of carbonyl (C=O) groups is 1. The van der Waals surface area contributed by atoms with E-state index in [0.717, 1.165) is 13.4 Å². The van der Waals surface area contributed by atoms with Crippen molar-refractivity contribution in [1.82, 2.24) is 0 Å². The molecule has 4 nitrogen and oxygen atoms in total. The molecule has 0 atom stereocenters. The highest BCUT2D eigenvalue weighted by molar-refractivity contribution is 9.11. The molecule has 0 bridgehead atoms. The fraction of sp³-hybridized carbons (Fsp3) is 0.0714. The Labute approximate surface area is 147 Å². The maximum Gasteiger partial charge on any atom is 0.257 e. The van der Waals surface area contributed by atoms with Gasteiger partial charge < -0.3 is 15.8 Å². The van der Waals surface area contributed by atoms with Gasteiger partial charge in [-0.1, -0.05) is 15.9 Å². The van der Waals surface area contributed by atoms with Crippen molar-refractivity contribution in [2.24, 2.45) is 0 Å². The Morgan fingerprint density at radius 3 is 2.29 bits per heavy atom. The summed E-state index contributed by atoms with van der Waals surface area (Å²) in [6.07, 6.45) is 0. The molecule has 0 heterocycles. The van der Waals surface area contributed by atoms with E-state index in [1.54, 1.807) is 25.3 Å². The molecule has 0 aliphatic rings.